The van der Waals surface area contributed by atoms with Crippen molar-refractivity contribution in [2.75, 3.05) is 26.9 Å². The van der Waals surface area contributed by atoms with Gasteiger partial charge in [0.2, 0.25) is 0 Å². The lowest BCUT2D eigenvalue weighted by molar-refractivity contribution is 0.0617. The third-order valence-electron chi connectivity index (χ3n) is 3.86. The van der Waals surface area contributed by atoms with E-state index in [1.165, 1.54) is 29.5 Å². The molecule has 3 heteroatoms. The van der Waals surface area contributed by atoms with E-state index in [1.807, 2.05) is 12.1 Å². The molecule has 3 nitrogen and oxygen atoms in total. The van der Waals surface area contributed by atoms with Gasteiger partial charge in [0.05, 0.1) is 26.4 Å². The lowest BCUT2D eigenvalue weighted by atomic mass is 10.0. The van der Waals surface area contributed by atoms with E-state index in [1.54, 1.807) is 7.11 Å². The van der Waals surface area contributed by atoms with E-state index in [-0.39, 0.29) is 0 Å². The first kappa shape index (κ1) is 18.5. The number of rotatable bonds is 11. The van der Waals surface area contributed by atoms with Crippen LogP contribution in [0.15, 0.2) is 48.5 Å². The van der Waals surface area contributed by atoms with Crippen LogP contribution in [-0.2, 0) is 16.1 Å². The number of hydrogen-bond acceptors (Lipinski definition) is 3. The minimum atomic E-state index is 0.619. The maximum Gasteiger partial charge on any atom is 0.119 e. The topological polar surface area (TPSA) is 27.7 Å². The Balaban J connectivity index is 1.84. The van der Waals surface area contributed by atoms with E-state index in [4.69, 9.17) is 14.2 Å². The van der Waals surface area contributed by atoms with Crippen molar-refractivity contribution in [3.8, 4) is 16.9 Å². The normalized spacial score (nSPS) is 10.8. The molecule has 0 atom stereocenters. The number of unbranched alkanes of at least 4 members (excludes halogenated alkanes) is 2. The summed E-state index contributed by atoms with van der Waals surface area (Å²) < 4.78 is 16.3. The molecule has 0 fully saturated rings. The highest BCUT2D eigenvalue weighted by Gasteiger charge is 2.00. The maximum atomic E-state index is 5.76. The van der Waals surface area contributed by atoms with E-state index in [9.17, 15) is 0 Å². The summed E-state index contributed by atoms with van der Waals surface area (Å²) in [5.74, 6) is 0.943. The van der Waals surface area contributed by atoms with Gasteiger partial charge in [0, 0.05) is 7.11 Å². The van der Waals surface area contributed by atoms with Crippen molar-refractivity contribution >= 4 is 0 Å². The van der Waals surface area contributed by atoms with Crippen molar-refractivity contribution in [1.29, 1.82) is 0 Å². The van der Waals surface area contributed by atoms with Crippen molar-refractivity contribution in [1.82, 2.24) is 0 Å². The Bertz CT molecular complexity index is 507. The SMILES string of the molecule is CCCCCOc1ccc(-c2ccc(COCCOC)cc2)cc1. The average Bonchev–Trinajstić information content (AvgIpc) is 2.64. The van der Waals surface area contributed by atoms with Crippen LogP contribution in [0, 0.1) is 0 Å². The summed E-state index contributed by atoms with van der Waals surface area (Å²) in [4.78, 5) is 0. The van der Waals surface area contributed by atoms with Crippen molar-refractivity contribution < 1.29 is 14.2 Å². The monoisotopic (exact) mass is 328 g/mol. The lowest BCUT2D eigenvalue weighted by Crippen LogP contribution is -2.01. The summed E-state index contributed by atoms with van der Waals surface area (Å²) in [5, 5.41) is 0. The molecule has 0 saturated heterocycles. The lowest BCUT2D eigenvalue weighted by Gasteiger charge is -2.08. The van der Waals surface area contributed by atoms with Gasteiger partial charge >= 0.3 is 0 Å². The Morgan fingerprint density at radius 1 is 0.750 bits per heavy atom. The first-order valence-corrected chi connectivity index (χ1v) is 8.72. The zero-order valence-electron chi connectivity index (χ0n) is 14.8. The van der Waals surface area contributed by atoms with Crippen molar-refractivity contribution in [2.45, 2.75) is 32.8 Å². The summed E-state index contributed by atoms with van der Waals surface area (Å²) >= 11 is 0. The summed E-state index contributed by atoms with van der Waals surface area (Å²) in [7, 11) is 1.68. The molecule has 0 aliphatic carbocycles. The molecule has 0 N–H and O–H groups in total. The molecule has 0 aromatic heterocycles. The molecule has 130 valence electrons. The van der Waals surface area contributed by atoms with Gasteiger partial charge in [-0.1, -0.05) is 56.2 Å². The highest BCUT2D eigenvalue weighted by atomic mass is 16.5. The van der Waals surface area contributed by atoms with Gasteiger partial charge in [-0.25, -0.2) is 0 Å². The first-order chi connectivity index (χ1) is 11.8. The van der Waals surface area contributed by atoms with Crippen LogP contribution < -0.4 is 4.74 Å². The van der Waals surface area contributed by atoms with Crippen LogP contribution in [0.25, 0.3) is 11.1 Å². The van der Waals surface area contributed by atoms with Crippen LogP contribution in [0.5, 0.6) is 5.75 Å². The van der Waals surface area contributed by atoms with Gasteiger partial charge in [0.25, 0.3) is 0 Å². The van der Waals surface area contributed by atoms with Crippen LogP contribution in [0.3, 0.4) is 0 Å². The third-order valence-corrected chi connectivity index (χ3v) is 3.86. The average molecular weight is 328 g/mol. The smallest absolute Gasteiger partial charge is 0.119 e. The fraction of sp³-hybridized carbons (Fsp3) is 0.429. The Labute approximate surface area is 145 Å². The standard InChI is InChI=1S/C21H28O3/c1-3-4-5-14-24-21-12-10-20(11-13-21)19-8-6-18(7-9-19)17-23-16-15-22-2/h6-13H,3-5,14-17H2,1-2H3. The second-order valence-corrected chi connectivity index (χ2v) is 5.82. The Morgan fingerprint density at radius 3 is 2.04 bits per heavy atom. The van der Waals surface area contributed by atoms with Gasteiger partial charge in [0.15, 0.2) is 0 Å². The zero-order chi connectivity index (χ0) is 17.0. The van der Waals surface area contributed by atoms with Gasteiger partial charge in [-0.2, -0.15) is 0 Å². The minimum Gasteiger partial charge on any atom is -0.494 e. The van der Waals surface area contributed by atoms with E-state index in [0.29, 0.717) is 19.8 Å². The summed E-state index contributed by atoms with van der Waals surface area (Å²) in [6.45, 7) is 4.87. The molecule has 0 heterocycles. The Hall–Kier alpha value is -1.84. The van der Waals surface area contributed by atoms with E-state index in [2.05, 4.69) is 43.3 Å². The molecule has 24 heavy (non-hydrogen) atoms. The van der Waals surface area contributed by atoms with Gasteiger partial charge in [-0.05, 0) is 35.2 Å². The van der Waals surface area contributed by atoms with E-state index >= 15 is 0 Å². The molecular weight excluding hydrogens is 300 g/mol. The molecular formula is C21H28O3. The molecule has 0 spiro atoms. The molecule has 0 bridgehead atoms. The van der Waals surface area contributed by atoms with Crippen LogP contribution in [0.4, 0.5) is 0 Å². The number of hydrogen-bond donors (Lipinski definition) is 0. The van der Waals surface area contributed by atoms with Gasteiger partial charge in [-0.3, -0.25) is 0 Å². The molecule has 2 aromatic carbocycles. The molecule has 0 amide bonds. The molecule has 0 saturated carbocycles. The molecule has 2 aromatic rings. The van der Waals surface area contributed by atoms with Gasteiger partial charge in [0.1, 0.15) is 5.75 Å². The van der Waals surface area contributed by atoms with E-state index in [0.717, 1.165) is 18.8 Å². The van der Waals surface area contributed by atoms with Gasteiger partial charge < -0.3 is 14.2 Å². The van der Waals surface area contributed by atoms with Crippen LogP contribution in [-0.4, -0.2) is 26.9 Å². The summed E-state index contributed by atoms with van der Waals surface area (Å²) in [6.07, 6.45) is 3.56. The van der Waals surface area contributed by atoms with Crippen molar-refractivity contribution in [3.05, 3.63) is 54.1 Å². The van der Waals surface area contributed by atoms with Gasteiger partial charge in [-0.15, -0.1) is 0 Å². The Kier molecular flexibility index (Phi) is 8.36. The zero-order valence-corrected chi connectivity index (χ0v) is 14.8. The van der Waals surface area contributed by atoms with E-state index < -0.39 is 0 Å². The molecule has 0 aliphatic heterocycles. The summed E-state index contributed by atoms with van der Waals surface area (Å²) in [6, 6.07) is 16.8. The number of benzene rings is 2. The minimum absolute atomic E-state index is 0.619. The van der Waals surface area contributed by atoms with Crippen LogP contribution in [0.2, 0.25) is 0 Å². The fourth-order valence-corrected chi connectivity index (χ4v) is 2.41. The highest BCUT2D eigenvalue weighted by Crippen LogP contribution is 2.23. The first-order valence-electron chi connectivity index (χ1n) is 8.72. The third kappa shape index (κ3) is 6.34. The second-order valence-electron chi connectivity index (χ2n) is 5.82. The maximum absolute atomic E-state index is 5.76. The molecule has 0 radical (unpaired) electrons. The molecule has 2 rings (SSSR count). The Morgan fingerprint density at radius 2 is 1.42 bits per heavy atom. The summed E-state index contributed by atoms with van der Waals surface area (Å²) in [5.41, 5.74) is 3.57. The largest absolute Gasteiger partial charge is 0.494 e. The molecule has 0 unspecified atom stereocenters. The number of methoxy groups -OCH3 is 1. The van der Waals surface area contributed by atoms with Crippen molar-refractivity contribution in [2.24, 2.45) is 0 Å². The predicted octanol–water partition coefficient (Wildman–Crippen LogP) is 5.09. The highest BCUT2D eigenvalue weighted by molar-refractivity contribution is 5.64. The van der Waals surface area contributed by atoms with Crippen molar-refractivity contribution in [3.63, 3.8) is 0 Å². The van der Waals surface area contributed by atoms with Crippen LogP contribution in [0.1, 0.15) is 31.7 Å². The van der Waals surface area contributed by atoms with Crippen LogP contribution >= 0.6 is 0 Å². The second kappa shape index (κ2) is 10.8. The quantitative estimate of drug-likeness (QED) is 0.538. The number of ether oxygens (including phenoxy) is 3. The fourth-order valence-electron chi connectivity index (χ4n) is 2.41. The predicted molar refractivity (Wildman–Crippen MR) is 98.4 cm³/mol. The molecule has 0 aliphatic rings.